The molecule has 3 heterocycles. The molecular formula is C13H17N5O4S2. The summed E-state index contributed by atoms with van der Waals surface area (Å²) < 4.78 is 52.8. The first-order valence-corrected chi connectivity index (χ1v) is 10.2. The second-order valence-electron chi connectivity index (χ2n) is 5.27. The van der Waals surface area contributed by atoms with Gasteiger partial charge in [-0.3, -0.25) is 4.98 Å². The maximum atomic E-state index is 12.6. The summed E-state index contributed by atoms with van der Waals surface area (Å²) in [6.45, 7) is 0.679. The molecule has 3 rings (SSSR count). The van der Waals surface area contributed by atoms with Crippen LogP contribution in [0.15, 0.2) is 47.0 Å². The Kier molecular flexibility index (Phi) is 4.67. The van der Waals surface area contributed by atoms with Crippen LogP contribution in [0.5, 0.6) is 0 Å². The van der Waals surface area contributed by atoms with Crippen molar-refractivity contribution < 1.29 is 16.8 Å². The van der Waals surface area contributed by atoms with Crippen molar-refractivity contribution in [2.45, 2.75) is 16.3 Å². The summed E-state index contributed by atoms with van der Waals surface area (Å²) >= 11 is 0. The number of nitrogens with zero attached hydrogens (tertiary/aromatic N) is 4. The molecule has 0 aromatic carbocycles. The average molecular weight is 371 g/mol. The van der Waals surface area contributed by atoms with Crippen LogP contribution >= 0.6 is 0 Å². The molecule has 2 aromatic rings. The number of hydrogen-bond acceptors (Lipinski definition) is 6. The highest BCUT2D eigenvalue weighted by Gasteiger charge is 2.32. The predicted octanol–water partition coefficient (Wildman–Crippen LogP) is -0.110. The minimum atomic E-state index is -3.69. The number of nitrogens with one attached hydrogen (secondary N) is 1. The van der Waals surface area contributed by atoms with Crippen LogP contribution in [0.4, 0.5) is 0 Å². The van der Waals surface area contributed by atoms with E-state index in [2.05, 4.69) is 15.0 Å². The van der Waals surface area contributed by atoms with Crippen LogP contribution in [0, 0.1) is 0 Å². The van der Waals surface area contributed by atoms with Gasteiger partial charge < -0.3 is 4.98 Å². The lowest BCUT2D eigenvalue weighted by atomic mass is 10.4. The lowest BCUT2D eigenvalue weighted by molar-refractivity contribution is 0.403. The third-order valence-corrected chi connectivity index (χ3v) is 7.48. The minimum Gasteiger partial charge on any atom is -0.335 e. The smallest absolute Gasteiger partial charge is 0.260 e. The molecule has 0 unspecified atom stereocenters. The Hall–Kier alpha value is -1.82. The number of H-pyrrole nitrogens is 1. The Bertz CT molecular complexity index is 882. The van der Waals surface area contributed by atoms with E-state index < -0.39 is 20.0 Å². The molecule has 1 aliphatic heterocycles. The number of rotatable bonds is 4. The molecule has 1 saturated heterocycles. The molecule has 11 heteroatoms. The van der Waals surface area contributed by atoms with E-state index in [1.165, 1.54) is 39.6 Å². The number of aromatic nitrogens is 3. The van der Waals surface area contributed by atoms with Gasteiger partial charge in [-0.25, -0.2) is 21.8 Å². The molecule has 0 atom stereocenters. The summed E-state index contributed by atoms with van der Waals surface area (Å²) in [7, 11) is -7.37. The van der Waals surface area contributed by atoms with Gasteiger partial charge >= 0.3 is 0 Å². The van der Waals surface area contributed by atoms with E-state index >= 15 is 0 Å². The van der Waals surface area contributed by atoms with Crippen molar-refractivity contribution in [1.29, 1.82) is 0 Å². The van der Waals surface area contributed by atoms with E-state index in [0.717, 1.165) is 0 Å². The van der Waals surface area contributed by atoms with E-state index in [1.807, 2.05) is 0 Å². The van der Waals surface area contributed by atoms with Crippen LogP contribution < -0.4 is 0 Å². The van der Waals surface area contributed by atoms with Gasteiger partial charge in [-0.15, -0.1) is 0 Å². The van der Waals surface area contributed by atoms with Gasteiger partial charge in [0.1, 0.15) is 4.90 Å². The fourth-order valence-corrected chi connectivity index (χ4v) is 5.32. The topological polar surface area (TPSA) is 116 Å². The lowest BCUT2D eigenvalue weighted by Gasteiger charge is -2.21. The van der Waals surface area contributed by atoms with Crippen molar-refractivity contribution in [1.82, 2.24) is 23.6 Å². The summed E-state index contributed by atoms with van der Waals surface area (Å²) in [6, 6.07) is 3.03. The lowest BCUT2D eigenvalue weighted by Crippen LogP contribution is -2.37. The maximum Gasteiger partial charge on any atom is 0.260 e. The van der Waals surface area contributed by atoms with E-state index in [-0.39, 0.29) is 36.1 Å². The molecule has 24 heavy (non-hydrogen) atoms. The Balaban J connectivity index is 1.79. The third-order valence-electron chi connectivity index (χ3n) is 3.78. The monoisotopic (exact) mass is 371 g/mol. The fraction of sp³-hybridized carbons (Fsp3) is 0.385. The van der Waals surface area contributed by atoms with E-state index in [9.17, 15) is 16.8 Å². The van der Waals surface area contributed by atoms with Crippen molar-refractivity contribution >= 4 is 20.0 Å². The van der Waals surface area contributed by atoms with Gasteiger partial charge in [0.2, 0.25) is 10.0 Å². The number of hydrogen-bond donors (Lipinski definition) is 1. The van der Waals surface area contributed by atoms with Crippen LogP contribution in [-0.4, -0.2) is 66.6 Å². The van der Waals surface area contributed by atoms with Gasteiger partial charge in [0, 0.05) is 38.6 Å². The van der Waals surface area contributed by atoms with E-state index in [0.29, 0.717) is 6.42 Å². The molecule has 2 aromatic heterocycles. The predicted molar refractivity (Wildman–Crippen MR) is 85.0 cm³/mol. The van der Waals surface area contributed by atoms with Gasteiger partial charge in [-0.05, 0) is 18.6 Å². The van der Waals surface area contributed by atoms with Crippen molar-refractivity contribution in [2.75, 3.05) is 26.2 Å². The number of aromatic amines is 1. The quantitative estimate of drug-likeness (QED) is 0.802. The van der Waals surface area contributed by atoms with Crippen molar-refractivity contribution in [3.63, 3.8) is 0 Å². The molecule has 130 valence electrons. The van der Waals surface area contributed by atoms with Gasteiger partial charge in [-0.2, -0.15) is 8.61 Å². The highest BCUT2D eigenvalue weighted by Crippen LogP contribution is 2.19. The van der Waals surface area contributed by atoms with Crippen LogP contribution in [0.25, 0.3) is 0 Å². The van der Waals surface area contributed by atoms with Crippen LogP contribution in [0.3, 0.4) is 0 Å². The molecule has 0 spiro atoms. The molecule has 0 radical (unpaired) electrons. The minimum absolute atomic E-state index is 0.00562. The summed E-state index contributed by atoms with van der Waals surface area (Å²) in [6.07, 6.45) is 5.74. The van der Waals surface area contributed by atoms with E-state index in [1.54, 1.807) is 6.07 Å². The number of imidazole rings is 1. The normalized spacial score (nSPS) is 18.3. The zero-order valence-corrected chi connectivity index (χ0v) is 14.4. The first-order chi connectivity index (χ1) is 11.4. The first kappa shape index (κ1) is 17.0. The van der Waals surface area contributed by atoms with E-state index in [4.69, 9.17) is 0 Å². The van der Waals surface area contributed by atoms with Gasteiger partial charge in [-0.1, -0.05) is 0 Å². The molecule has 0 amide bonds. The van der Waals surface area contributed by atoms with Crippen LogP contribution in [-0.2, 0) is 20.0 Å². The summed E-state index contributed by atoms with van der Waals surface area (Å²) in [4.78, 5) is 10.2. The largest absolute Gasteiger partial charge is 0.335 e. The van der Waals surface area contributed by atoms with Crippen molar-refractivity contribution in [2.24, 2.45) is 0 Å². The van der Waals surface area contributed by atoms with Gasteiger partial charge in [0.15, 0.2) is 5.03 Å². The molecular weight excluding hydrogens is 354 g/mol. The molecule has 1 fully saturated rings. The average Bonchev–Trinajstić information content (AvgIpc) is 3.00. The highest BCUT2D eigenvalue weighted by molar-refractivity contribution is 7.89. The fourth-order valence-electron chi connectivity index (χ4n) is 2.52. The molecule has 0 bridgehead atoms. The maximum absolute atomic E-state index is 12.6. The molecule has 0 saturated carbocycles. The Morgan fingerprint density at radius 2 is 1.62 bits per heavy atom. The second-order valence-corrected chi connectivity index (χ2v) is 9.11. The summed E-state index contributed by atoms with van der Waals surface area (Å²) in [5.41, 5.74) is 0. The molecule has 0 aliphatic carbocycles. The van der Waals surface area contributed by atoms with Gasteiger partial charge in [0.25, 0.3) is 10.0 Å². The molecule has 9 nitrogen and oxygen atoms in total. The zero-order chi connectivity index (χ0) is 17.2. The SMILES string of the molecule is O=S(=O)(c1cccnc1)N1CCCN(S(=O)(=O)c2cnc[nH]2)CC1. The highest BCUT2D eigenvalue weighted by atomic mass is 32.2. The number of pyridine rings is 1. The van der Waals surface area contributed by atoms with Crippen LogP contribution in [0.1, 0.15) is 6.42 Å². The Labute approximate surface area is 140 Å². The zero-order valence-electron chi connectivity index (χ0n) is 12.7. The second kappa shape index (κ2) is 6.59. The Morgan fingerprint density at radius 1 is 0.917 bits per heavy atom. The van der Waals surface area contributed by atoms with Crippen LogP contribution in [0.2, 0.25) is 0 Å². The summed E-state index contributed by atoms with van der Waals surface area (Å²) in [5, 5.41) is 0.00562. The summed E-state index contributed by atoms with van der Waals surface area (Å²) in [5.74, 6) is 0. The standard InChI is InChI=1S/C13H17N5O4S2/c19-23(20,12-3-1-4-14-9-12)17-5-2-6-18(8-7-17)24(21,22)13-10-15-11-16-13/h1,3-4,9-11H,2,5-8H2,(H,15,16). The molecule has 1 N–H and O–H groups in total. The number of sulfonamides is 2. The van der Waals surface area contributed by atoms with Gasteiger partial charge in [0.05, 0.1) is 12.5 Å². The van der Waals surface area contributed by atoms with Crippen molar-refractivity contribution in [3.8, 4) is 0 Å². The first-order valence-electron chi connectivity index (χ1n) is 7.31. The molecule has 1 aliphatic rings. The van der Waals surface area contributed by atoms with Crippen molar-refractivity contribution in [3.05, 3.63) is 37.1 Å². The third kappa shape index (κ3) is 3.20. The Morgan fingerprint density at radius 3 is 2.21 bits per heavy atom.